The zero-order valence-corrected chi connectivity index (χ0v) is 20.0. The average Bonchev–Trinajstić information content (AvgIpc) is 3.09. The van der Waals surface area contributed by atoms with Gasteiger partial charge in [0.15, 0.2) is 5.78 Å². The standard InChI is InChI=1S/C28H44O3/c1-3-4-5-6-7-8-9-10-27(30)31-26-16-15-25-24-13-11-20-19-21(29)12-14-22(20)23(24)17-18-28(25,26)2/h19,22-26H,3-18H2,1-2H3/t22-,23+,24-,25+,26-,28-/m0/s1. The molecule has 0 aromatic heterocycles. The van der Waals surface area contributed by atoms with Crippen molar-refractivity contribution in [2.45, 2.75) is 123 Å². The largest absolute Gasteiger partial charge is 0.462 e. The van der Waals surface area contributed by atoms with Crippen LogP contribution in [0.25, 0.3) is 0 Å². The predicted molar refractivity (Wildman–Crippen MR) is 125 cm³/mol. The molecule has 31 heavy (non-hydrogen) atoms. The molecule has 0 aromatic rings. The fraction of sp³-hybridized carbons (Fsp3) is 0.857. The van der Waals surface area contributed by atoms with E-state index in [1.807, 2.05) is 6.08 Å². The second kappa shape index (κ2) is 10.2. The Morgan fingerprint density at radius 2 is 1.74 bits per heavy atom. The van der Waals surface area contributed by atoms with Crippen LogP contribution in [0.1, 0.15) is 117 Å². The lowest BCUT2D eigenvalue weighted by Gasteiger charge is -2.53. The molecule has 3 fully saturated rings. The summed E-state index contributed by atoms with van der Waals surface area (Å²) in [6.45, 7) is 4.67. The van der Waals surface area contributed by atoms with Crippen molar-refractivity contribution < 1.29 is 14.3 Å². The minimum absolute atomic E-state index is 0.0437. The first kappa shape index (κ1) is 23.1. The minimum Gasteiger partial charge on any atom is -0.462 e. The first-order chi connectivity index (χ1) is 15.0. The van der Waals surface area contributed by atoms with Crippen molar-refractivity contribution in [3.63, 3.8) is 0 Å². The van der Waals surface area contributed by atoms with E-state index in [2.05, 4.69) is 13.8 Å². The summed E-state index contributed by atoms with van der Waals surface area (Å²) in [5.41, 5.74) is 1.62. The zero-order valence-electron chi connectivity index (χ0n) is 20.0. The van der Waals surface area contributed by atoms with Gasteiger partial charge in [-0.15, -0.1) is 0 Å². The molecule has 0 aliphatic heterocycles. The second-order valence-corrected chi connectivity index (χ2v) is 11.3. The first-order valence-electron chi connectivity index (χ1n) is 13.5. The SMILES string of the molecule is CCCCCCCCCC(=O)O[C@H]1CC[C@@H]2[C@H]3CCC4=CC(=O)CC[C@@H]4[C@H]3CC[C@]12C. The topological polar surface area (TPSA) is 43.4 Å². The number of rotatable bonds is 9. The molecule has 0 spiro atoms. The van der Waals surface area contributed by atoms with Crippen molar-refractivity contribution in [2.75, 3.05) is 0 Å². The van der Waals surface area contributed by atoms with Crippen LogP contribution in [0, 0.1) is 29.1 Å². The summed E-state index contributed by atoms with van der Waals surface area (Å²) in [6.07, 6.45) is 20.3. The maximum atomic E-state index is 12.6. The Kier molecular flexibility index (Phi) is 7.60. The summed E-state index contributed by atoms with van der Waals surface area (Å²) < 4.78 is 6.13. The van der Waals surface area contributed by atoms with Crippen LogP contribution in [-0.4, -0.2) is 17.9 Å². The molecule has 0 radical (unpaired) electrons. The molecule has 4 aliphatic rings. The molecule has 4 aliphatic carbocycles. The Labute approximate surface area is 189 Å². The third-order valence-corrected chi connectivity index (χ3v) is 9.47. The van der Waals surface area contributed by atoms with Crippen LogP contribution in [-0.2, 0) is 14.3 Å². The van der Waals surface area contributed by atoms with Gasteiger partial charge in [-0.3, -0.25) is 9.59 Å². The summed E-state index contributed by atoms with van der Waals surface area (Å²) >= 11 is 0. The molecule has 0 amide bonds. The first-order valence-corrected chi connectivity index (χ1v) is 13.5. The minimum atomic E-state index is 0.0437. The number of allylic oxidation sites excluding steroid dienone is 1. The van der Waals surface area contributed by atoms with Gasteiger partial charge in [0, 0.05) is 18.3 Å². The third-order valence-electron chi connectivity index (χ3n) is 9.47. The summed E-state index contributed by atoms with van der Waals surface area (Å²) in [7, 11) is 0. The highest BCUT2D eigenvalue weighted by atomic mass is 16.5. The van der Waals surface area contributed by atoms with E-state index in [4.69, 9.17) is 4.74 Å². The van der Waals surface area contributed by atoms with Gasteiger partial charge in [-0.25, -0.2) is 0 Å². The zero-order chi connectivity index (χ0) is 21.8. The van der Waals surface area contributed by atoms with Crippen molar-refractivity contribution >= 4 is 11.8 Å². The van der Waals surface area contributed by atoms with E-state index in [0.717, 1.165) is 50.4 Å². The lowest BCUT2D eigenvalue weighted by molar-refractivity contribution is -0.159. The molecule has 4 rings (SSSR count). The van der Waals surface area contributed by atoms with Gasteiger partial charge in [-0.2, -0.15) is 0 Å². The summed E-state index contributed by atoms with van der Waals surface area (Å²) in [5, 5.41) is 0. The molecule has 0 bridgehead atoms. The van der Waals surface area contributed by atoms with Crippen LogP contribution in [0.15, 0.2) is 11.6 Å². The van der Waals surface area contributed by atoms with Crippen molar-refractivity contribution in [2.24, 2.45) is 29.1 Å². The highest BCUT2D eigenvalue weighted by molar-refractivity contribution is 5.91. The Morgan fingerprint density at radius 1 is 0.968 bits per heavy atom. The van der Waals surface area contributed by atoms with Crippen LogP contribution in [0.5, 0.6) is 0 Å². The fourth-order valence-corrected chi connectivity index (χ4v) is 7.77. The van der Waals surface area contributed by atoms with E-state index in [0.29, 0.717) is 24.0 Å². The molecular formula is C28H44O3. The number of esters is 1. The van der Waals surface area contributed by atoms with Gasteiger partial charge >= 0.3 is 5.97 Å². The monoisotopic (exact) mass is 428 g/mol. The maximum absolute atomic E-state index is 12.6. The van der Waals surface area contributed by atoms with Crippen LogP contribution >= 0.6 is 0 Å². The molecule has 3 nitrogen and oxygen atoms in total. The fourth-order valence-electron chi connectivity index (χ4n) is 7.77. The highest BCUT2D eigenvalue weighted by Gasteiger charge is 2.57. The van der Waals surface area contributed by atoms with E-state index in [1.54, 1.807) is 0 Å². The van der Waals surface area contributed by atoms with E-state index in [1.165, 1.54) is 63.4 Å². The summed E-state index contributed by atoms with van der Waals surface area (Å²) in [6, 6.07) is 0. The number of fused-ring (bicyclic) bond motifs is 5. The number of carbonyl (C=O) groups excluding carboxylic acids is 2. The summed E-state index contributed by atoms with van der Waals surface area (Å²) in [4.78, 5) is 24.5. The third kappa shape index (κ3) is 4.96. The highest BCUT2D eigenvalue weighted by Crippen LogP contribution is 2.62. The predicted octanol–water partition coefficient (Wildman–Crippen LogP) is 7.18. The Morgan fingerprint density at radius 3 is 2.55 bits per heavy atom. The molecule has 174 valence electrons. The molecule has 0 aromatic carbocycles. The molecule has 0 saturated heterocycles. The van der Waals surface area contributed by atoms with Gasteiger partial charge in [-0.1, -0.05) is 57.9 Å². The molecule has 3 heteroatoms. The Balaban J connectivity index is 1.27. The average molecular weight is 429 g/mol. The molecule has 3 saturated carbocycles. The summed E-state index contributed by atoms with van der Waals surface area (Å²) in [5.74, 6) is 3.26. The Hall–Kier alpha value is -1.12. The number of ketones is 1. The molecule has 0 unspecified atom stereocenters. The van der Waals surface area contributed by atoms with Crippen LogP contribution < -0.4 is 0 Å². The van der Waals surface area contributed by atoms with E-state index in [9.17, 15) is 9.59 Å². The molecule has 0 N–H and O–H groups in total. The Bertz CT molecular complexity index is 680. The van der Waals surface area contributed by atoms with E-state index in [-0.39, 0.29) is 17.5 Å². The van der Waals surface area contributed by atoms with Crippen molar-refractivity contribution in [3.8, 4) is 0 Å². The van der Waals surface area contributed by atoms with Gasteiger partial charge in [-0.05, 0) is 81.1 Å². The van der Waals surface area contributed by atoms with Crippen LogP contribution in [0.4, 0.5) is 0 Å². The lowest BCUT2D eigenvalue weighted by atomic mass is 9.52. The van der Waals surface area contributed by atoms with Crippen molar-refractivity contribution in [3.05, 3.63) is 11.6 Å². The van der Waals surface area contributed by atoms with Gasteiger partial charge in [0.2, 0.25) is 0 Å². The van der Waals surface area contributed by atoms with Crippen molar-refractivity contribution in [1.29, 1.82) is 0 Å². The molecule has 0 heterocycles. The van der Waals surface area contributed by atoms with E-state index < -0.39 is 0 Å². The van der Waals surface area contributed by atoms with Gasteiger partial charge < -0.3 is 4.74 Å². The number of hydrogen-bond donors (Lipinski definition) is 0. The quantitative estimate of drug-likeness (QED) is 0.288. The lowest BCUT2D eigenvalue weighted by Crippen LogP contribution is -2.48. The number of hydrogen-bond acceptors (Lipinski definition) is 3. The number of unbranched alkanes of at least 4 members (excludes halogenated alkanes) is 6. The molecular weight excluding hydrogens is 384 g/mol. The van der Waals surface area contributed by atoms with Gasteiger partial charge in [0.1, 0.15) is 6.10 Å². The maximum Gasteiger partial charge on any atom is 0.306 e. The van der Waals surface area contributed by atoms with Crippen molar-refractivity contribution in [1.82, 2.24) is 0 Å². The number of ether oxygens (including phenoxy) is 1. The normalized spacial score (nSPS) is 36.9. The number of carbonyl (C=O) groups is 2. The molecule has 6 atom stereocenters. The smallest absolute Gasteiger partial charge is 0.306 e. The van der Waals surface area contributed by atoms with Gasteiger partial charge in [0.05, 0.1) is 0 Å². The van der Waals surface area contributed by atoms with Crippen LogP contribution in [0.3, 0.4) is 0 Å². The van der Waals surface area contributed by atoms with Gasteiger partial charge in [0.25, 0.3) is 0 Å². The second-order valence-electron chi connectivity index (χ2n) is 11.3. The van der Waals surface area contributed by atoms with E-state index >= 15 is 0 Å². The van der Waals surface area contributed by atoms with Crippen LogP contribution in [0.2, 0.25) is 0 Å².